The number of ether oxygens (including phenoxy) is 1. The molecule has 1 spiro atoms. The Morgan fingerprint density at radius 3 is 2.48 bits per heavy atom. The molecule has 0 unspecified atom stereocenters. The minimum absolute atomic E-state index is 0.320. The lowest BCUT2D eigenvalue weighted by Crippen LogP contribution is -2.42. The van der Waals surface area contributed by atoms with Crippen molar-refractivity contribution in [3.63, 3.8) is 0 Å². The summed E-state index contributed by atoms with van der Waals surface area (Å²) in [6.45, 7) is 2.13. The van der Waals surface area contributed by atoms with Gasteiger partial charge in [0.25, 0.3) is 0 Å². The fourth-order valence-corrected chi connectivity index (χ4v) is 5.57. The molecule has 2 aliphatic carbocycles. The Morgan fingerprint density at radius 2 is 1.86 bits per heavy atom. The van der Waals surface area contributed by atoms with Crippen molar-refractivity contribution in [2.45, 2.75) is 83.2 Å². The van der Waals surface area contributed by atoms with E-state index in [0.29, 0.717) is 17.9 Å². The minimum atomic E-state index is -0.662. The van der Waals surface area contributed by atoms with Crippen molar-refractivity contribution in [2.24, 2.45) is 11.3 Å². The number of carboxylic acid groups (broad SMARTS) is 1. The number of halogens is 1. The van der Waals surface area contributed by atoms with E-state index in [4.69, 9.17) is 21.4 Å². The topological polar surface area (TPSA) is 49.8 Å². The second-order valence-electron chi connectivity index (χ2n) is 9.50. The molecule has 0 radical (unpaired) electrons. The summed E-state index contributed by atoms with van der Waals surface area (Å²) < 4.78 is 6.08. The first kappa shape index (κ1) is 20.8. The third-order valence-corrected chi connectivity index (χ3v) is 7.93. The van der Waals surface area contributed by atoms with E-state index < -0.39 is 5.97 Å². The summed E-state index contributed by atoms with van der Waals surface area (Å²) in [7, 11) is 0. The van der Waals surface area contributed by atoms with Crippen molar-refractivity contribution in [2.75, 3.05) is 18.0 Å². The highest BCUT2D eigenvalue weighted by Gasteiger charge is 2.38. The zero-order valence-corrected chi connectivity index (χ0v) is 18.1. The predicted molar refractivity (Wildman–Crippen MR) is 117 cm³/mol. The highest BCUT2D eigenvalue weighted by Crippen LogP contribution is 2.48. The van der Waals surface area contributed by atoms with Crippen LogP contribution in [0.4, 0.5) is 5.69 Å². The molecule has 0 bridgehead atoms. The second-order valence-corrected chi connectivity index (χ2v) is 9.91. The summed E-state index contributed by atoms with van der Waals surface area (Å²) in [5.74, 6) is 1.02. The van der Waals surface area contributed by atoms with E-state index in [9.17, 15) is 4.79 Å². The largest absolute Gasteiger partial charge is 0.490 e. The van der Waals surface area contributed by atoms with Crippen LogP contribution in [0.1, 0.15) is 77.0 Å². The monoisotopic (exact) mass is 419 g/mol. The van der Waals surface area contributed by atoms with Crippen LogP contribution in [0.2, 0.25) is 5.02 Å². The number of hydrogen-bond acceptors (Lipinski definition) is 3. The fourth-order valence-electron chi connectivity index (χ4n) is 5.33. The average Bonchev–Trinajstić information content (AvgIpc) is 2.68. The van der Waals surface area contributed by atoms with Crippen molar-refractivity contribution in [1.29, 1.82) is 0 Å². The third kappa shape index (κ3) is 5.20. The van der Waals surface area contributed by atoms with Crippen molar-refractivity contribution in [3.8, 4) is 5.75 Å². The van der Waals surface area contributed by atoms with Crippen LogP contribution in [-0.4, -0.2) is 30.3 Å². The number of piperidine rings is 1. The Balaban J connectivity index is 1.28. The van der Waals surface area contributed by atoms with Crippen LogP contribution in [0.5, 0.6) is 5.75 Å². The van der Waals surface area contributed by atoms with Crippen LogP contribution in [0.15, 0.2) is 18.2 Å². The van der Waals surface area contributed by atoms with E-state index in [1.807, 2.05) is 12.1 Å². The molecule has 5 heteroatoms. The summed E-state index contributed by atoms with van der Waals surface area (Å²) in [6, 6.07) is 6.12. The quantitative estimate of drug-likeness (QED) is 0.563. The molecule has 0 aromatic heterocycles. The average molecular weight is 420 g/mol. The highest BCUT2D eigenvalue weighted by atomic mass is 35.5. The van der Waals surface area contributed by atoms with Crippen LogP contribution < -0.4 is 9.64 Å². The molecule has 4 nitrogen and oxygen atoms in total. The molecule has 1 aromatic carbocycles. The summed E-state index contributed by atoms with van der Waals surface area (Å²) >= 11 is 6.54. The van der Waals surface area contributed by atoms with Gasteiger partial charge in [0.2, 0.25) is 0 Å². The van der Waals surface area contributed by atoms with Crippen LogP contribution in [0, 0.1) is 11.3 Å². The SMILES string of the molecule is O=C(O)CCCC1CCC2(CC1)CCN(c1cc(OC3CCC3)ccc1Cl)CC2. The zero-order chi connectivity index (χ0) is 20.3. The predicted octanol–water partition coefficient (Wildman–Crippen LogP) is 6.30. The van der Waals surface area contributed by atoms with Crippen LogP contribution >= 0.6 is 11.6 Å². The van der Waals surface area contributed by atoms with E-state index in [2.05, 4.69) is 11.0 Å². The maximum absolute atomic E-state index is 10.7. The van der Waals surface area contributed by atoms with Gasteiger partial charge in [-0.15, -0.1) is 0 Å². The van der Waals surface area contributed by atoms with Gasteiger partial charge in [0.15, 0.2) is 0 Å². The van der Waals surface area contributed by atoms with Crippen molar-refractivity contribution < 1.29 is 14.6 Å². The van der Waals surface area contributed by atoms with Gasteiger partial charge in [-0.25, -0.2) is 0 Å². The zero-order valence-electron chi connectivity index (χ0n) is 17.4. The number of benzene rings is 1. The molecular weight excluding hydrogens is 386 g/mol. The molecule has 1 aromatic rings. The van der Waals surface area contributed by atoms with E-state index in [-0.39, 0.29) is 0 Å². The number of hydrogen-bond donors (Lipinski definition) is 1. The Hall–Kier alpha value is -1.42. The number of carboxylic acids is 1. The molecule has 0 atom stereocenters. The number of aliphatic carboxylic acids is 1. The Bertz CT molecular complexity index is 700. The van der Waals surface area contributed by atoms with Gasteiger partial charge in [0.05, 0.1) is 16.8 Å². The smallest absolute Gasteiger partial charge is 0.303 e. The molecule has 4 rings (SSSR count). The normalized spacial score (nSPS) is 22.4. The highest BCUT2D eigenvalue weighted by molar-refractivity contribution is 6.33. The van der Waals surface area contributed by atoms with Gasteiger partial charge in [0.1, 0.15) is 5.75 Å². The fraction of sp³-hybridized carbons (Fsp3) is 0.708. The van der Waals surface area contributed by atoms with Gasteiger partial charge in [-0.1, -0.05) is 11.6 Å². The molecule has 1 heterocycles. The van der Waals surface area contributed by atoms with Crippen molar-refractivity contribution >= 4 is 23.3 Å². The molecule has 1 aliphatic heterocycles. The summed E-state index contributed by atoms with van der Waals surface area (Å²) in [5, 5.41) is 9.66. The number of carbonyl (C=O) groups is 1. The maximum atomic E-state index is 10.7. The van der Waals surface area contributed by atoms with E-state index in [0.717, 1.165) is 48.3 Å². The van der Waals surface area contributed by atoms with Gasteiger partial charge in [-0.3, -0.25) is 4.79 Å². The Labute approximate surface area is 179 Å². The first-order chi connectivity index (χ1) is 14.0. The van der Waals surface area contributed by atoms with Crippen LogP contribution in [0.3, 0.4) is 0 Å². The molecule has 1 saturated heterocycles. The van der Waals surface area contributed by atoms with Crippen LogP contribution in [0.25, 0.3) is 0 Å². The summed E-state index contributed by atoms with van der Waals surface area (Å²) in [6.07, 6.45) is 13.8. The first-order valence-corrected chi connectivity index (χ1v) is 11.8. The Kier molecular flexibility index (Phi) is 6.58. The summed E-state index contributed by atoms with van der Waals surface area (Å²) in [4.78, 5) is 13.2. The molecule has 3 fully saturated rings. The molecule has 2 saturated carbocycles. The molecule has 3 aliphatic rings. The van der Waals surface area contributed by atoms with Gasteiger partial charge >= 0.3 is 5.97 Å². The molecule has 0 amide bonds. The standard InChI is InChI=1S/C24H34ClNO3/c25-21-8-7-20(29-19-4-2-5-19)17-22(21)26-15-13-24(14-16-26)11-9-18(10-12-24)3-1-6-23(27)28/h7-8,17-19H,1-6,9-16H2,(H,27,28). The van der Waals surface area contributed by atoms with Crippen molar-refractivity contribution in [1.82, 2.24) is 0 Å². The van der Waals surface area contributed by atoms with E-state index in [1.165, 1.54) is 57.8 Å². The van der Waals surface area contributed by atoms with Gasteiger partial charge in [-0.05, 0) is 94.1 Å². The van der Waals surface area contributed by atoms with Gasteiger partial charge < -0.3 is 14.7 Å². The maximum Gasteiger partial charge on any atom is 0.303 e. The van der Waals surface area contributed by atoms with Crippen LogP contribution in [-0.2, 0) is 4.79 Å². The lowest BCUT2D eigenvalue weighted by atomic mass is 9.65. The number of anilines is 1. The molecular formula is C24H34ClNO3. The third-order valence-electron chi connectivity index (χ3n) is 7.61. The second kappa shape index (κ2) is 9.16. The van der Waals surface area contributed by atoms with Gasteiger partial charge in [0, 0.05) is 25.6 Å². The minimum Gasteiger partial charge on any atom is -0.490 e. The lowest BCUT2D eigenvalue weighted by molar-refractivity contribution is -0.137. The Morgan fingerprint density at radius 1 is 1.14 bits per heavy atom. The molecule has 1 N–H and O–H groups in total. The molecule has 29 heavy (non-hydrogen) atoms. The number of rotatable bonds is 7. The van der Waals surface area contributed by atoms with Crippen molar-refractivity contribution in [3.05, 3.63) is 23.2 Å². The lowest BCUT2D eigenvalue weighted by Gasteiger charge is -2.47. The van der Waals surface area contributed by atoms with E-state index >= 15 is 0 Å². The van der Waals surface area contributed by atoms with Gasteiger partial charge in [-0.2, -0.15) is 0 Å². The van der Waals surface area contributed by atoms with E-state index in [1.54, 1.807) is 0 Å². The number of nitrogens with zero attached hydrogens (tertiary/aromatic N) is 1. The first-order valence-electron chi connectivity index (χ1n) is 11.5. The summed E-state index contributed by atoms with van der Waals surface area (Å²) in [5.41, 5.74) is 1.62. The molecule has 160 valence electrons.